The summed E-state index contributed by atoms with van der Waals surface area (Å²) < 4.78 is 50.9. The van der Waals surface area contributed by atoms with Crippen LogP contribution >= 0.6 is 0 Å². The van der Waals surface area contributed by atoms with Gasteiger partial charge in [0.2, 0.25) is 5.75 Å². The Hall–Kier alpha value is -3.47. The van der Waals surface area contributed by atoms with Crippen molar-refractivity contribution in [3.05, 3.63) is 35.9 Å². The zero-order valence-electron chi connectivity index (χ0n) is 17.1. The largest absolute Gasteiger partial charge is 0.497 e. The Morgan fingerprint density at radius 3 is 2.03 bits per heavy atom. The first-order valence-corrected chi connectivity index (χ1v) is 9.95. The minimum atomic E-state index is -4.01. The number of hydrazone groups is 1. The van der Waals surface area contributed by atoms with Gasteiger partial charge in [-0.05, 0) is 24.3 Å². The first kappa shape index (κ1) is 22.8. The summed E-state index contributed by atoms with van der Waals surface area (Å²) in [5, 5.41) is 3.78. The fourth-order valence-corrected chi connectivity index (χ4v) is 3.38. The van der Waals surface area contributed by atoms with Crippen LogP contribution in [0.1, 0.15) is 12.5 Å². The molecule has 2 aromatic rings. The van der Waals surface area contributed by atoms with Crippen LogP contribution in [0.5, 0.6) is 28.7 Å². The molecular formula is C19H22N2O8S. The molecule has 0 radical (unpaired) electrons. The molecule has 0 fully saturated rings. The van der Waals surface area contributed by atoms with E-state index >= 15 is 0 Å². The molecule has 0 aromatic heterocycles. The van der Waals surface area contributed by atoms with Crippen molar-refractivity contribution in [3.63, 3.8) is 0 Å². The Balaban J connectivity index is 2.31. The van der Waals surface area contributed by atoms with Crippen LogP contribution in [0.3, 0.4) is 0 Å². The van der Waals surface area contributed by atoms with Crippen LogP contribution in [0.25, 0.3) is 0 Å². The molecule has 0 bridgehead atoms. The zero-order valence-corrected chi connectivity index (χ0v) is 17.9. The quantitative estimate of drug-likeness (QED) is 0.273. The number of nitrogens with zero attached hydrogens (tertiary/aromatic N) is 1. The standard InChI is InChI=1S/C19H22N2O8S/c1-12(22)29-19-16(27-4)8-13(9-17(19)28-5)11-20-21-30(23,24)18-7-6-14(25-2)10-15(18)26-3/h6-11,21H,1-5H3/b20-11+. The second-order valence-electron chi connectivity index (χ2n) is 5.72. The van der Waals surface area contributed by atoms with Crippen LogP contribution in [0.4, 0.5) is 0 Å². The SMILES string of the molecule is COc1ccc(S(=O)(=O)N/N=C/c2cc(OC)c(OC(C)=O)c(OC)c2)c(OC)c1. The average Bonchev–Trinajstić information content (AvgIpc) is 2.73. The van der Waals surface area contributed by atoms with Gasteiger partial charge in [0.05, 0.1) is 34.7 Å². The van der Waals surface area contributed by atoms with Gasteiger partial charge in [0.15, 0.2) is 11.5 Å². The maximum atomic E-state index is 12.6. The van der Waals surface area contributed by atoms with E-state index in [0.717, 1.165) is 0 Å². The number of carbonyl (C=O) groups excluding carboxylic acids is 1. The smallest absolute Gasteiger partial charge is 0.308 e. The third kappa shape index (κ3) is 5.32. The lowest BCUT2D eigenvalue weighted by Crippen LogP contribution is -2.19. The molecule has 2 aromatic carbocycles. The van der Waals surface area contributed by atoms with Crippen LogP contribution < -0.4 is 28.5 Å². The summed E-state index contributed by atoms with van der Waals surface area (Å²) in [5.41, 5.74) is 0.434. The molecule has 30 heavy (non-hydrogen) atoms. The topological polar surface area (TPSA) is 122 Å². The van der Waals surface area contributed by atoms with Gasteiger partial charge in [0.25, 0.3) is 10.0 Å². The third-order valence-electron chi connectivity index (χ3n) is 3.78. The van der Waals surface area contributed by atoms with Crippen molar-refractivity contribution in [1.29, 1.82) is 0 Å². The van der Waals surface area contributed by atoms with Gasteiger partial charge in [-0.15, -0.1) is 0 Å². The molecule has 0 aliphatic carbocycles. The lowest BCUT2D eigenvalue weighted by atomic mass is 10.2. The van der Waals surface area contributed by atoms with Gasteiger partial charge in [0.1, 0.15) is 16.4 Å². The van der Waals surface area contributed by atoms with Gasteiger partial charge in [-0.3, -0.25) is 4.79 Å². The van der Waals surface area contributed by atoms with Crippen LogP contribution in [0, 0.1) is 0 Å². The summed E-state index contributed by atoms with van der Waals surface area (Å²) in [4.78, 5) is 13.3. The van der Waals surface area contributed by atoms with E-state index in [9.17, 15) is 13.2 Å². The number of esters is 1. The molecule has 0 heterocycles. The van der Waals surface area contributed by atoms with E-state index in [0.29, 0.717) is 11.3 Å². The van der Waals surface area contributed by atoms with Crippen LogP contribution in [-0.4, -0.2) is 49.0 Å². The van der Waals surface area contributed by atoms with Gasteiger partial charge < -0.3 is 23.7 Å². The van der Waals surface area contributed by atoms with Crippen LogP contribution in [0.15, 0.2) is 40.3 Å². The number of nitrogens with one attached hydrogen (secondary N) is 1. The zero-order chi connectivity index (χ0) is 22.3. The summed E-state index contributed by atoms with van der Waals surface area (Å²) in [6.07, 6.45) is 1.25. The molecule has 0 unspecified atom stereocenters. The Labute approximate surface area is 174 Å². The molecule has 2 rings (SSSR count). The highest BCUT2D eigenvalue weighted by Crippen LogP contribution is 2.38. The monoisotopic (exact) mass is 438 g/mol. The Bertz CT molecular complexity index is 1030. The number of hydrogen-bond donors (Lipinski definition) is 1. The van der Waals surface area contributed by atoms with Gasteiger partial charge in [-0.2, -0.15) is 18.4 Å². The molecule has 162 valence electrons. The van der Waals surface area contributed by atoms with Gasteiger partial charge in [-0.1, -0.05) is 0 Å². The summed E-state index contributed by atoms with van der Waals surface area (Å²) in [5.74, 6) is 0.534. The molecule has 0 spiro atoms. The highest BCUT2D eigenvalue weighted by Gasteiger charge is 2.20. The number of hydrogen-bond acceptors (Lipinski definition) is 9. The van der Waals surface area contributed by atoms with Crippen molar-refractivity contribution >= 4 is 22.2 Å². The maximum Gasteiger partial charge on any atom is 0.308 e. The molecule has 11 heteroatoms. The molecule has 0 aliphatic heterocycles. The average molecular weight is 438 g/mol. The normalized spacial score (nSPS) is 11.1. The highest BCUT2D eigenvalue weighted by molar-refractivity contribution is 7.89. The van der Waals surface area contributed by atoms with E-state index in [2.05, 4.69) is 9.93 Å². The molecule has 0 atom stereocenters. The van der Waals surface area contributed by atoms with Crippen molar-refractivity contribution < 1.29 is 36.9 Å². The predicted octanol–water partition coefficient (Wildman–Crippen LogP) is 1.96. The maximum absolute atomic E-state index is 12.6. The first-order chi connectivity index (χ1) is 14.2. The number of rotatable bonds is 9. The number of benzene rings is 2. The van der Waals surface area contributed by atoms with E-state index in [1.54, 1.807) is 0 Å². The van der Waals surface area contributed by atoms with E-state index in [4.69, 9.17) is 23.7 Å². The summed E-state index contributed by atoms with van der Waals surface area (Å²) in [7, 11) is 1.57. The van der Waals surface area contributed by atoms with Crippen molar-refractivity contribution in [1.82, 2.24) is 4.83 Å². The van der Waals surface area contributed by atoms with E-state index in [1.807, 2.05) is 0 Å². The predicted molar refractivity (Wildman–Crippen MR) is 108 cm³/mol. The fourth-order valence-electron chi connectivity index (χ4n) is 2.44. The van der Waals surface area contributed by atoms with E-state index in [-0.39, 0.29) is 27.9 Å². The van der Waals surface area contributed by atoms with Crippen LogP contribution in [0.2, 0.25) is 0 Å². The second-order valence-corrected chi connectivity index (χ2v) is 7.35. The summed E-state index contributed by atoms with van der Waals surface area (Å²) in [6.45, 7) is 1.25. The van der Waals surface area contributed by atoms with Crippen molar-refractivity contribution in [2.45, 2.75) is 11.8 Å². The molecule has 0 saturated carbocycles. The summed E-state index contributed by atoms with van der Waals surface area (Å²) >= 11 is 0. The molecule has 1 N–H and O–H groups in total. The lowest BCUT2D eigenvalue weighted by Gasteiger charge is -2.13. The minimum Gasteiger partial charge on any atom is -0.497 e. The Morgan fingerprint density at radius 1 is 0.933 bits per heavy atom. The highest BCUT2D eigenvalue weighted by atomic mass is 32.2. The minimum absolute atomic E-state index is 0.103. The van der Waals surface area contributed by atoms with Crippen molar-refractivity contribution in [3.8, 4) is 28.7 Å². The van der Waals surface area contributed by atoms with Gasteiger partial charge in [0, 0.05) is 18.6 Å². The lowest BCUT2D eigenvalue weighted by molar-refractivity contribution is -0.132. The molecule has 10 nitrogen and oxygen atoms in total. The summed E-state index contributed by atoms with van der Waals surface area (Å²) in [6, 6.07) is 7.29. The number of methoxy groups -OCH3 is 4. The van der Waals surface area contributed by atoms with E-state index < -0.39 is 16.0 Å². The number of carbonyl (C=O) groups is 1. The van der Waals surface area contributed by atoms with Crippen molar-refractivity contribution in [2.24, 2.45) is 5.10 Å². The molecule has 0 saturated heterocycles. The fraction of sp³-hybridized carbons (Fsp3) is 0.263. The second kappa shape index (κ2) is 9.83. The number of ether oxygens (including phenoxy) is 5. The molecule has 0 amide bonds. The van der Waals surface area contributed by atoms with Crippen LogP contribution in [-0.2, 0) is 14.8 Å². The van der Waals surface area contributed by atoms with E-state index in [1.165, 1.54) is 71.9 Å². The number of sulfonamides is 1. The third-order valence-corrected chi connectivity index (χ3v) is 5.04. The van der Waals surface area contributed by atoms with Crippen molar-refractivity contribution in [2.75, 3.05) is 28.4 Å². The van der Waals surface area contributed by atoms with Gasteiger partial charge in [-0.25, -0.2) is 0 Å². The Morgan fingerprint density at radius 2 is 1.53 bits per heavy atom. The Kier molecular flexibility index (Phi) is 7.48. The molecule has 0 aliphatic rings. The van der Waals surface area contributed by atoms with Gasteiger partial charge >= 0.3 is 5.97 Å². The molecular weight excluding hydrogens is 416 g/mol. The first-order valence-electron chi connectivity index (χ1n) is 8.47.